The van der Waals surface area contributed by atoms with Crippen molar-refractivity contribution in [1.29, 1.82) is 0 Å². The second-order valence-electron chi connectivity index (χ2n) is 5.53. The van der Waals surface area contributed by atoms with Crippen LogP contribution < -0.4 is 10.7 Å². The van der Waals surface area contributed by atoms with E-state index in [1.165, 1.54) is 19.1 Å². The van der Waals surface area contributed by atoms with Gasteiger partial charge in [0, 0.05) is 31.7 Å². The molecule has 1 aromatic carbocycles. The number of rotatable bonds is 3. The Labute approximate surface area is 146 Å². The van der Waals surface area contributed by atoms with E-state index in [0.717, 1.165) is 6.92 Å². The van der Waals surface area contributed by atoms with Crippen LogP contribution in [-0.2, 0) is 19.2 Å². The van der Waals surface area contributed by atoms with Gasteiger partial charge in [-0.3, -0.25) is 19.2 Å². The molecule has 8 heteroatoms. The van der Waals surface area contributed by atoms with Crippen molar-refractivity contribution in [2.75, 3.05) is 5.32 Å². The summed E-state index contributed by atoms with van der Waals surface area (Å²) < 4.78 is 5.76. The summed E-state index contributed by atoms with van der Waals surface area (Å²) >= 11 is 0. The van der Waals surface area contributed by atoms with Crippen LogP contribution in [0.4, 0.5) is 5.69 Å². The van der Waals surface area contributed by atoms with Crippen LogP contribution in [-0.4, -0.2) is 28.4 Å². The molecule has 0 aromatic heterocycles. The summed E-state index contributed by atoms with van der Waals surface area (Å²) in [6.07, 6.45) is 0. The van der Waals surface area contributed by atoms with Crippen LogP contribution >= 0.6 is 0 Å². The summed E-state index contributed by atoms with van der Waals surface area (Å²) in [6.45, 7) is 2.31. The summed E-state index contributed by atoms with van der Waals surface area (Å²) in [5.41, 5.74) is 1.83. The van der Waals surface area contributed by atoms with Crippen LogP contribution in [0.1, 0.15) is 13.8 Å². The number of carbonyl (C=O) groups is 4. The highest BCUT2D eigenvalue weighted by atomic mass is 16.3. The fraction of sp³-hybridized carbons (Fsp3) is 0.111. The van der Waals surface area contributed by atoms with Gasteiger partial charge in [-0.1, -0.05) is 0 Å². The van der Waals surface area contributed by atoms with Crippen molar-refractivity contribution < 1.29 is 23.6 Å². The second-order valence-corrected chi connectivity index (χ2v) is 5.53. The average molecular weight is 351 g/mol. The summed E-state index contributed by atoms with van der Waals surface area (Å²) in [4.78, 5) is 53.1. The molecule has 2 aliphatic rings. The van der Waals surface area contributed by atoms with E-state index in [-0.39, 0.29) is 5.36 Å². The van der Waals surface area contributed by atoms with Gasteiger partial charge in [0.2, 0.25) is 11.6 Å². The lowest BCUT2D eigenvalue weighted by Gasteiger charge is -2.08. The van der Waals surface area contributed by atoms with E-state index in [4.69, 9.17) is 4.42 Å². The summed E-state index contributed by atoms with van der Waals surface area (Å²) in [5, 5.41) is 2.72. The van der Waals surface area contributed by atoms with Crippen LogP contribution in [0.5, 0.6) is 0 Å². The van der Waals surface area contributed by atoms with Gasteiger partial charge in [-0.05, 0) is 24.3 Å². The van der Waals surface area contributed by atoms with Crippen molar-refractivity contribution in [1.82, 2.24) is 4.98 Å². The number of nitrogens with one attached hydrogen (secondary N) is 1. The third-order valence-electron chi connectivity index (χ3n) is 3.47. The number of ketones is 2. The van der Waals surface area contributed by atoms with Crippen LogP contribution in [0.3, 0.4) is 0 Å². The minimum atomic E-state index is -0.854. The molecule has 0 radical (unpaired) electrons. The molecule has 3 rings (SSSR count). The zero-order valence-corrected chi connectivity index (χ0v) is 13.9. The summed E-state index contributed by atoms with van der Waals surface area (Å²) in [6, 6.07) is 9.45. The largest absolute Gasteiger partial charge is 0.453 e. The number of Topliss-reactive ketones (excluding diaryl/α,β-unsaturated/α-hetero) is 2. The Balaban J connectivity index is 2.07. The Morgan fingerprint density at radius 2 is 1.77 bits per heavy atom. The molecule has 2 amide bonds. The zero-order chi connectivity index (χ0) is 18.8. The molecule has 1 heterocycles. The van der Waals surface area contributed by atoms with Crippen molar-refractivity contribution in [3.63, 3.8) is 0 Å². The van der Waals surface area contributed by atoms with E-state index in [1.54, 1.807) is 24.3 Å². The molecule has 0 fully saturated rings. The van der Waals surface area contributed by atoms with Gasteiger partial charge >= 0.3 is 5.91 Å². The van der Waals surface area contributed by atoms with Crippen molar-refractivity contribution in [2.24, 2.45) is 4.99 Å². The Hall–Kier alpha value is -3.68. The molecule has 1 aromatic rings. The Morgan fingerprint density at radius 1 is 1.00 bits per heavy atom. The van der Waals surface area contributed by atoms with Crippen LogP contribution in [0.15, 0.2) is 45.8 Å². The normalized spacial score (nSPS) is 11.5. The topological polar surface area (TPSA) is 119 Å². The molecular formula is C18H13N3O5. The van der Waals surface area contributed by atoms with Gasteiger partial charge < -0.3 is 9.73 Å². The highest BCUT2D eigenvalue weighted by molar-refractivity contribution is 6.39. The van der Waals surface area contributed by atoms with E-state index in [2.05, 4.69) is 15.3 Å². The maximum atomic E-state index is 11.5. The van der Waals surface area contributed by atoms with E-state index in [0.29, 0.717) is 28.2 Å². The maximum absolute atomic E-state index is 11.5. The number of anilines is 1. The minimum absolute atomic E-state index is 0.267. The van der Waals surface area contributed by atoms with Gasteiger partial charge in [0.25, 0.3) is 5.91 Å². The number of aromatic nitrogens is 1. The molecule has 130 valence electrons. The minimum Gasteiger partial charge on any atom is -0.453 e. The summed E-state index contributed by atoms with van der Waals surface area (Å²) in [7, 11) is 0. The molecule has 1 aliphatic heterocycles. The molecule has 1 aliphatic carbocycles. The van der Waals surface area contributed by atoms with Crippen molar-refractivity contribution >= 4 is 40.2 Å². The van der Waals surface area contributed by atoms with Crippen LogP contribution in [0.2, 0.25) is 0 Å². The number of amides is 2. The highest BCUT2D eigenvalue weighted by Crippen LogP contribution is 2.25. The third-order valence-corrected chi connectivity index (χ3v) is 3.47. The lowest BCUT2D eigenvalue weighted by molar-refractivity contribution is -0.134. The molecule has 0 unspecified atom stereocenters. The van der Waals surface area contributed by atoms with Gasteiger partial charge in [0.15, 0.2) is 11.3 Å². The smallest absolute Gasteiger partial charge is 0.313 e. The van der Waals surface area contributed by atoms with Gasteiger partial charge in [-0.2, -0.15) is 0 Å². The van der Waals surface area contributed by atoms with E-state index >= 15 is 0 Å². The number of hydrogen-bond acceptors (Lipinski definition) is 6. The molecule has 0 spiro atoms. The summed E-state index contributed by atoms with van der Waals surface area (Å²) in [5.74, 6) is -2.51. The Bertz CT molecular complexity index is 1110. The maximum Gasteiger partial charge on any atom is 0.313 e. The fourth-order valence-corrected chi connectivity index (χ4v) is 2.18. The van der Waals surface area contributed by atoms with Crippen LogP contribution in [0.25, 0.3) is 22.6 Å². The first-order valence-electron chi connectivity index (χ1n) is 7.60. The number of hydrogen-bond donors (Lipinski definition) is 1. The van der Waals surface area contributed by atoms with E-state index < -0.39 is 23.4 Å². The molecule has 8 nitrogen and oxygen atoms in total. The molecule has 26 heavy (non-hydrogen) atoms. The first-order chi connectivity index (χ1) is 12.3. The lowest BCUT2D eigenvalue weighted by Crippen LogP contribution is -2.19. The molecular weight excluding hydrogens is 338 g/mol. The van der Waals surface area contributed by atoms with Crippen LogP contribution in [0, 0.1) is 0 Å². The standard InChI is InChI=1S/C18H13N3O5/c1-9(22)17(24)19-11-3-5-13-15(7-11)26-16-8-12(4-6-14(16)21-13)20-18(25)10(2)23/h3-8H,1-2H3,(H,19,24). The number of nitrogens with zero attached hydrogens (tertiary/aromatic N) is 2. The van der Waals surface area contributed by atoms with E-state index in [1.807, 2.05) is 0 Å². The number of fused-ring (bicyclic) bond motifs is 2. The third kappa shape index (κ3) is 3.54. The molecule has 0 saturated heterocycles. The molecule has 0 bridgehead atoms. The van der Waals surface area contributed by atoms with Gasteiger partial charge in [-0.25, -0.2) is 9.98 Å². The van der Waals surface area contributed by atoms with Crippen molar-refractivity contribution in [2.45, 2.75) is 13.8 Å². The molecule has 0 atom stereocenters. The first-order valence-corrected chi connectivity index (χ1v) is 7.60. The molecule has 1 N–H and O–H groups in total. The first kappa shape index (κ1) is 17.2. The van der Waals surface area contributed by atoms with Gasteiger partial charge in [-0.15, -0.1) is 0 Å². The van der Waals surface area contributed by atoms with E-state index in [9.17, 15) is 19.2 Å². The fourth-order valence-electron chi connectivity index (χ4n) is 2.18. The lowest BCUT2D eigenvalue weighted by atomic mass is 10.2. The van der Waals surface area contributed by atoms with Crippen molar-refractivity contribution in [3.8, 4) is 11.5 Å². The molecule has 0 saturated carbocycles. The zero-order valence-electron chi connectivity index (χ0n) is 13.9. The predicted octanol–water partition coefficient (Wildman–Crippen LogP) is 1.48. The quantitative estimate of drug-likeness (QED) is 0.564. The van der Waals surface area contributed by atoms with Gasteiger partial charge in [0.05, 0.1) is 5.36 Å². The second kappa shape index (κ2) is 6.67. The van der Waals surface area contributed by atoms with Gasteiger partial charge in [0.1, 0.15) is 11.2 Å². The SMILES string of the molecule is CC(=O)C(=O)N=c1ccc2nc3ccc(NC(=O)C(C)=O)cc3oc-2c1. The number of benzene rings is 2. The predicted molar refractivity (Wildman–Crippen MR) is 91.2 cm³/mol. The monoisotopic (exact) mass is 351 g/mol. The van der Waals surface area contributed by atoms with Crippen molar-refractivity contribution in [3.05, 3.63) is 41.8 Å². The number of carbonyl (C=O) groups excluding carboxylic acids is 4. The average Bonchev–Trinajstić information content (AvgIpc) is 2.59. The Kier molecular flexibility index (Phi) is 4.40. The Morgan fingerprint density at radius 3 is 2.46 bits per heavy atom. The highest BCUT2D eigenvalue weighted by Gasteiger charge is 2.12.